The molecule has 0 atom stereocenters. The van der Waals surface area contributed by atoms with Crippen molar-refractivity contribution in [3.05, 3.63) is 47.1 Å². The normalized spacial score (nSPS) is 10.6. The van der Waals surface area contributed by atoms with Crippen LogP contribution in [0, 0.1) is 6.92 Å². The Morgan fingerprint density at radius 1 is 1.23 bits per heavy atom. The van der Waals surface area contributed by atoms with Gasteiger partial charge in [0.2, 0.25) is 0 Å². The zero-order valence-corrected chi connectivity index (χ0v) is 12.1. The summed E-state index contributed by atoms with van der Waals surface area (Å²) in [5, 5.41) is 21.0. The predicted octanol–water partition coefficient (Wildman–Crippen LogP) is 1.78. The molecule has 3 aromatic heterocycles. The van der Waals surface area contributed by atoms with Crippen molar-refractivity contribution in [2.45, 2.75) is 6.92 Å². The van der Waals surface area contributed by atoms with Gasteiger partial charge in [0.15, 0.2) is 16.7 Å². The maximum atomic E-state index is 11.2. The molecule has 22 heavy (non-hydrogen) atoms. The SMILES string of the molecule is Cc1cnc(-c2cc(C(=O)O)nn2-c2ccc(Cl)nn2)cn1. The average molecular weight is 317 g/mol. The molecular formula is C13H9ClN6O2. The van der Waals surface area contributed by atoms with Gasteiger partial charge in [-0.3, -0.25) is 9.97 Å². The van der Waals surface area contributed by atoms with Gasteiger partial charge in [0.25, 0.3) is 0 Å². The Kier molecular flexibility index (Phi) is 3.51. The average Bonchev–Trinajstić information content (AvgIpc) is 2.94. The minimum absolute atomic E-state index is 0.130. The molecule has 0 saturated carbocycles. The summed E-state index contributed by atoms with van der Waals surface area (Å²) in [6, 6.07) is 4.52. The van der Waals surface area contributed by atoms with Gasteiger partial charge in [0, 0.05) is 12.3 Å². The first-order valence-corrected chi connectivity index (χ1v) is 6.54. The molecule has 0 aliphatic carbocycles. The van der Waals surface area contributed by atoms with Crippen molar-refractivity contribution in [1.82, 2.24) is 29.9 Å². The lowest BCUT2D eigenvalue weighted by molar-refractivity contribution is 0.0690. The molecule has 0 aliphatic heterocycles. The molecule has 3 rings (SSSR count). The topological polar surface area (TPSA) is 107 Å². The quantitative estimate of drug-likeness (QED) is 0.784. The van der Waals surface area contributed by atoms with Crippen LogP contribution in [0.25, 0.3) is 17.2 Å². The number of carboxylic acids is 1. The molecule has 3 heterocycles. The number of aromatic nitrogens is 6. The summed E-state index contributed by atoms with van der Waals surface area (Å²) < 4.78 is 1.34. The molecule has 0 aromatic carbocycles. The molecule has 9 heteroatoms. The zero-order valence-electron chi connectivity index (χ0n) is 11.3. The molecule has 1 N–H and O–H groups in total. The molecule has 0 unspecified atom stereocenters. The lowest BCUT2D eigenvalue weighted by Gasteiger charge is -2.05. The van der Waals surface area contributed by atoms with E-state index in [2.05, 4.69) is 25.3 Å². The number of hydrogen-bond acceptors (Lipinski definition) is 6. The standard InChI is InChI=1S/C13H9ClN6O2/c1-7-5-16-9(6-15-7)10-4-8(13(21)22)19-20(10)12-3-2-11(14)17-18-12/h2-6H,1H3,(H,21,22). The number of carboxylic acid groups (broad SMARTS) is 1. The van der Waals surface area contributed by atoms with E-state index in [0.717, 1.165) is 5.69 Å². The number of aryl methyl sites for hydroxylation is 1. The fourth-order valence-corrected chi connectivity index (χ4v) is 1.89. The predicted molar refractivity (Wildman–Crippen MR) is 76.9 cm³/mol. The van der Waals surface area contributed by atoms with Crippen LogP contribution in [0.15, 0.2) is 30.6 Å². The Hall–Kier alpha value is -2.87. The van der Waals surface area contributed by atoms with Gasteiger partial charge in [-0.15, -0.1) is 10.2 Å². The second-order valence-electron chi connectivity index (χ2n) is 4.39. The maximum absolute atomic E-state index is 11.2. The number of nitrogens with zero attached hydrogens (tertiary/aromatic N) is 6. The minimum Gasteiger partial charge on any atom is -0.476 e. The fraction of sp³-hybridized carbons (Fsp3) is 0.0769. The molecule has 0 bridgehead atoms. The number of carbonyl (C=O) groups is 1. The molecule has 0 fully saturated rings. The van der Waals surface area contributed by atoms with E-state index in [4.69, 9.17) is 16.7 Å². The van der Waals surface area contributed by atoms with E-state index < -0.39 is 5.97 Å². The van der Waals surface area contributed by atoms with Gasteiger partial charge in [-0.25, -0.2) is 9.48 Å². The minimum atomic E-state index is -1.15. The first-order chi connectivity index (χ1) is 10.5. The van der Waals surface area contributed by atoms with Crippen LogP contribution in [-0.2, 0) is 0 Å². The van der Waals surface area contributed by atoms with Crippen LogP contribution in [0.4, 0.5) is 0 Å². The number of aromatic carboxylic acids is 1. The van der Waals surface area contributed by atoms with E-state index >= 15 is 0 Å². The van der Waals surface area contributed by atoms with E-state index in [1.165, 1.54) is 23.0 Å². The van der Waals surface area contributed by atoms with E-state index in [0.29, 0.717) is 17.2 Å². The second-order valence-corrected chi connectivity index (χ2v) is 4.78. The van der Waals surface area contributed by atoms with Gasteiger partial charge in [-0.2, -0.15) is 5.10 Å². The van der Waals surface area contributed by atoms with Crippen LogP contribution in [0.2, 0.25) is 5.15 Å². The third-order valence-corrected chi connectivity index (χ3v) is 3.01. The molecule has 110 valence electrons. The van der Waals surface area contributed by atoms with Gasteiger partial charge < -0.3 is 5.11 Å². The first-order valence-electron chi connectivity index (χ1n) is 6.16. The van der Waals surface area contributed by atoms with Crippen LogP contribution in [0.1, 0.15) is 16.2 Å². The monoisotopic (exact) mass is 316 g/mol. The highest BCUT2D eigenvalue weighted by Gasteiger charge is 2.18. The molecular weight excluding hydrogens is 308 g/mol. The second kappa shape index (κ2) is 5.49. The van der Waals surface area contributed by atoms with Gasteiger partial charge in [-0.1, -0.05) is 11.6 Å². The third-order valence-electron chi connectivity index (χ3n) is 2.81. The lowest BCUT2D eigenvalue weighted by atomic mass is 10.3. The largest absolute Gasteiger partial charge is 0.476 e. The summed E-state index contributed by atoms with van der Waals surface area (Å²) in [5.41, 5.74) is 1.54. The summed E-state index contributed by atoms with van der Waals surface area (Å²) in [4.78, 5) is 19.6. The van der Waals surface area contributed by atoms with Gasteiger partial charge in [-0.05, 0) is 19.1 Å². The van der Waals surface area contributed by atoms with Crippen molar-refractivity contribution in [2.24, 2.45) is 0 Å². The van der Waals surface area contributed by atoms with E-state index in [9.17, 15) is 4.79 Å². The van der Waals surface area contributed by atoms with Crippen molar-refractivity contribution < 1.29 is 9.90 Å². The van der Waals surface area contributed by atoms with Crippen LogP contribution < -0.4 is 0 Å². The Bertz CT molecular complexity index is 766. The van der Waals surface area contributed by atoms with Crippen molar-refractivity contribution in [1.29, 1.82) is 0 Å². The summed E-state index contributed by atoms with van der Waals surface area (Å²) in [7, 11) is 0. The molecule has 0 amide bonds. The lowest BCUT2D eigenvalue weighted by Crippen LogP contribution is -2.05. The van der Waals surface area contributed by atoms with Gasteiger partial charge in [0.05, 0.1) is 17.6 Å². The fourth-order valence-electron chi connectivity index (χ4n) is 1.79. The number of hydrogen-bond donors (Lipinski definition) is 1. The summed E-state index contributed by atoms with van der Waals surface area (Å²) in [5.74, 6) is -0.823. The molecule has 3 aromatic rings. The van der Waals surface area contributed by atoms with Crippen LogP contribution in [0.3, 0.4) is 0 Å². The van der Waals surface area contributed by atoms with E-state index in [-0.39, 0.29) is 10.8 Å². The molecule has 0 radical (unpaired) electrons. The highest BCUT2D eigenvalue weighted by Crippen LogP contribution is 2.21. The number of halogens is 1. The Labute approximate surface area is 129 Å². The zero-order chi connectivity index (χ0) is 15.7. The Balaban J connectivity index is 2.17. The highest BCUT2D eigenvalue weighted by atomic mass is 35.5. The van der Waals surface area contributed by atoms with Crippen LogP contribution in [-0.4, -0.2) is 41.0 Å². The van der Waals surface area contributed by atoms with Crippen molar-refractivity contribution in [2.75, 3.05) is 0 Å². The number of rotatable bonds is 3. The molecule has 0 spiro atoms. The molecule has 0 aliphatic rings. The van der Waals surface area contributed by atoms with Gasteiger partial charge >= 0.3 is 5.97 Å². The first kappa shape index (κ1) is 14.1. The van der Waals surface area contributed by atoms with Crippen LogP contribution in [0.5, 0.6) is 0 Å². The summed E-state index contributed by atoms with van der Waals surface area (Å²) in [6.07, 6.45) is 3.12. The summed E-state index contributed by atoms with van der Waals surface area (Å²) >= 11 is 5.71. The maximum Gasteiger partial charge on any atom is 0.356 e. The third kappa shape index (κ3) is 2.63. The van der Waals surface area contributed by atoms with Gasteiger partial charge in [0.1, 0.15) is 5.69 Å². The molecule has 8 nitrogen and oxygen atoms in total. The van der Waals surface area contributed by atoms with Crippen molar-refractivity contribution in [3.8, 4) is 17.2 Å². The van der Waals surface area contributed by atoms with E-state index in [1.54, 1.807) is 19.2 Å². The smallest absolute Gasteiger partial charge is 0.356 e. The van der Waals surface area contributed by atoms with E-state index in [1.807, 2.05) is 0 Å². The Morgan fingerprint density at radius 2 is 2.05 bits per heavy atom. The molecule has 0 saturated heterocycles. The Morgan fingerprint density at radius 3 is 2.64 bits per heavy atom. The van der Waals surface area contributed by atoms with Crippen molar-refractivity contribution in [3.63, 3.8) is 0 Å². The highest BCUT2D eigenvalue weighted by molar-refractivity contribution is 6.29. The van der Waals surface area contributed by atoms with Crippen LogP contribution >= 0.6 is 11.6 Å². The van der Waals surface area contributed by atoms with Crippen molar-refractivity contribution >= 4 is 17.6 Å². The summed E-state index contributed by atoms with van der Waals surface area (Å²) in [6.45, 7) is 1.81.